The third-order valence-electron chi connectivity index (χ3n) is 7.57. The van der Waals surface area contributed by atoms with Crippen LogP contribution >= 0.6 is 23.2 Å². The first-order valence-corrected chi connectivity index (χ1v) is 12.5. The monoisotopic (exact) mass is 438 g/mol. The molecule has 0 amide bonds. The lowest BCUT2D eigenvalue weighted by atomic mass is 9.64. The Bertz CT molecular complexity index is 643. The highest BCUT2D eigenvalue weighted by Crippen LogP contribution is 2.49. The molecule has 4 rings (SSSR count). The average Bonchev–Trinajstić information content (AvgIpc) is 2.72. The number of benzene rings is 1. The van der Waals surface area contributed by atoms with Crippen LogP contribution in [-0.2, 0) is 5.60 Å². The number of piperidine rings is 2. The Kier molecular flexibility index (Phi) is 7.45. The van der Waals surface area contributed by atoms with Gasteiger partial charge in [-0.25, -0.2) is 0 Å². The number of halogens is 2. The van der Waals surface area contributed by atoms with Crippen molar-refractivity contribution in [2.24, 2.45) is 11.8 Å². The molecule has 1 aromatic rings. The van der Waals surface area contributed by atoms with Gasteiger partial charge in [0.2, 0.25) is 0 Å². The van der Waals surface area contributed by atoms with E-state index in [2.05, 4.69) is 9.80 Å². The third kappa shape index (κ3) is 4.96. The van der Waals surface area contributed by atoms with Gasteiger partial charge in [0.05, 0.1) is 5.60 Å². The first-order valence-electron chi connectivity index (χ1n) is 11.7. The molecule has 2 atom stereocenters. The summed E-state index contributed by atoms with van der Waals surface area (Å²) in [7, 11) is 0. The van der Waals surface area contributed by atoms with Crippen LogP contribution < -0.4 is 0 Å². The average molecular weight is 439 g/mol. The summed E-state index contributed by atoms with van der Waals surface area (Å²) in [6, 6.07) is 5.69. The van der Waals surface area contributed by atoms with Gasteiger partial charge in [0.1, 0.15) is 0 Å². The maximum absolute atomic E-state index is 12.4. The van der Waals surface area contributed by atoms with Gasteiger partial charge < -0.3 is 14.9 Å². The molecule has 0 radical (unpaired) electrons. The van der Waals surface area contributed by atoms with Gasteiger partial charge in [-0.15, -0.1) is 0 Å². The van der Waals surface area contributed by atoms with E-state index in [0.717, 1.165) is 57.7 Å². The van der Waals surface area contributed by atoms with Crippen LogP contribution in [0.2, 0.25) is 10.0 Å². The molecular weight excluding hydrogens is 403 g/mol. The number of rotatable bonds is 5. The molecule has 162 valence electrons. The second-order valence-electron chi connectivity index (χ2n) is 9.50. The molecule has 0 aromatic heterocycles. The summed E-state index contributed by atoms with van der Waals surface area (Å²) >= 11 is 12.9. The van der Waals surface area contributed by atoms with E-state index >= 15 is 0 Å². The molecule has 2 unspecified atom stereocenters. The van der Waals surface area contributed by atoms with Gasteiger partial charge >= 0.3 is 0 Å². The smallest absolute Gasteiger partial charge is 0.0991 e. The van der Waals surface area contributed by atoms with Gasteiger partial charge in [0, 0.05) is 40.5 Å². The van der Waals surface area contributed by atoms with Crippen LogP contribution in [0, 0.1) is 11.8 Å². The first kappa shape index (κ1) is 21.9. The number of nitrogens with zero attached hydrogens (tertiary/aromatic N) is 2. The van der Waals surface area contributed by atoms with E-state index in [-0.39, 0.29) is 11.8 Å². The minimum Gasteiger partial charge on any atom is -0.384 e. The van der Waals surface area contributed by atoms with Crippen molar-refractivity contribution in [3.05, 3.63) is 33.8 Å². The second-order valence-corrected chi connectivity index (χ2v) is 10.3. The van der Waals surface area contributed by atoms with Crippen molar-refractivity contribution in [1.29, 1.82) is 0 Å². The van der Waals surface area contributed by atoms with Gasteiger partial charge in [0.15, 0.2) is 0 Å². The number of likely N-dealkylation sites (tertiary alicyclic amines) is 2. The molecular formula is C24H36Cl2N2O. The standard InChI is InChI=1S/C24H36Cl2N2O/c25-21-10-11-22(23(26)16-21)24(29)19(17-27-12-3-1-4-13-27)8-7-9-20(24)18-28-14-5-2-6-15-28/h10-11,16,19-20,29H,1-9,12-15,17-18H2. The molecule has 3 nitrogen and oxygen atoms in total. The quantitative estimate of drug-likeness (QED) is 0.650. The van der Waals surface area contributed by atoms with Crippen LogP contribution in [0.5, 0.6) is 0 Å². The van der Waals surface area contributed by atoms with Crippen LogP contribution in [0.1, 0.15) is 63.4 Å². The lowest BCUT2D eigenvalue weighted by Crippen LogP contribution is -2.53. The molecule has 1 aromatic carbocycles. The largest absolute Gasteiger partial charge is 0.384 e. The molecule has 5 heteroatoms. The Labute approximate surface area is 186 Å². The summed E-state index contributed by atoms with van der Waals surface area (Å²) in [6.45, 7) is 6.61. The van der Waals surface area contributed by atoms with Crippen molar-refractivity contribution < 1.29 is 5.11 Å². The normalized spacial score (nSPS) is 32.4. The summed E-state index contributed by atoms with van der Waals surface area (Å²) in [5.74, 6) is 0.450. The highest BCUT2D eigenvalue weighted by molar-refractivity contribution is 6.35. The third-order valence-corrected chi connectivity index (χ3v) is 8.11. The lowest BCUT2D eigenvalue weighted by molar-refractivity contribution is -0.119. The van der Waals surface area contributed by atoms with E-state index in [1.54, 1.807) is 6.07 Å². The van der Waals surface area contributed by atoms with E-state index in [9.17, 15) is 5.11 Å². The fourth-order valence-electron chi connectivity index (χ4n) is 6.01. The summed E-state index contributed by atoms with van der Waals surface area (Å²) in [5, 5.41) is 13.7. The van der Waals surface area contributed by atoms with Crippen molar-refractivity contribution in [2.75, 3.05) is 39.3 Å². The molecule has 2 aliphatic heterocycles. The molecule has 29 heavy (non-hydrogen) atoms. The highest BCUT2D eigenvalue weighted by Gasteiger charge is 2.49. The highest BCUT2D eigenvalue weighted by atomic mass is 35.5. The minimum absolute atomic E-state index is 0.225. The minimum atomic E-state index is -0.880. The van der Waals surface area contributed by atoms with Crippen molar-refractivity contribution in [2.45, 2.75) is 63.4 Å². The van der Waals surface area contributed by atoms with Crippen molar-refractivity contribution in [1.82, 2.24) is 9.80 Å². The lowest BCUT2D eigenvalue weighted by Gasteiger charge is -2.50. The molecule has 2 heterocycles. The molecule has 1 aliphatic carbocycles. The maximum atomic E-state index is 12.4. The summed E-state index contributed by atoms with van der Waals surface area (Å²) in [5.41, 5.74) is 0.0155. The van der Waals surface area contributed by atoms with Crippen molar-refractivity contribution in [3.63, 3.8) is 0 Å². The van der Waals surface area contributed by atoms with Crippen LogP contribution in [0.4, 0.5) is 0 Å². The van der Waals surface area contributed by atoms with Crippen LogP contribution in [-0.4, -0.2) is 54.2 Å². The van der Waals surface area contributed by atoms with Gasteiger partial charge in [-0.05, 0) is 76.8 Å². The Morgan fingerprint density at radius 2 is 1.31 bits per heavy atom. The van der Waals surface area contributed by atoms with E-state index in [4.69, 9.17) is 23.2 Å². The Balaban J connectivity index is 1.63. The SMILES string of the molecule is OC1(c2ccc(Cl)cc2Cl)C(CN2CCCCC2)CCCC1CN1CCCCC1. The molecule has 1 saturated carbocycles. The molecule has 0 bridgehead atoms. The molecule has 3 aliphatic rings. The fourth-order valence-corrected chi connectivity index (χ4v) is 6.57. The Morgan fingerprint density at radius 3 is 1.79 bits per heavy atom. The molecule has 3 fully saturated rings. The number of hydrogen-bond acceptors (Lipinski definition) is 3. The molecule has 1 N–H and O–H groups in total. The summed E-state index contributed by atoms with van der Waals surface area (Å²) in [6.07, 6.45) is 11.1. The van der Waals surface area contributed by atoms with Gasteiger partial charge in [-0.1, -0.05) is 48.5 Å². The zero-order valence-electron chi connectivity index (χ0n) is 17.6. The summed E-state index contributed by atoms with van der Waals surface area (Å²) in [4.78, 5) is 5.15. The van der Waals surface area contributed by atoms with Gasteiger partial charge in [-0.3, -0.25) is 0 Å². The zero-order chi connectivity index (χ0) is 20.3. The van der Waals surface area contributed by atoms with Crippen LogP contribution in [0.25, 0.3) is 0 Å². The Hall–Kier alpha value is -0.320. The fraction of sp³-hybridized carbons (Fsp3) is 0.750. The predicted octanol–water partition coefficient (Wildman–Crippen LogP) is 5.57. The van der Waals surface area contributed by atoms with E-state index in [1.807, 2.05) is 12.1 Å². The first-order chi connectivity index (χ1) is 14.1. The number of hydrogen-bond donors (Lipinski definition) is 1. The predicted molar refractivity (Wildman–Crippen MR) is 122 cm³/mol. The topological polar surface area (TPSA) is 26.7 Å². The maximum Gasteiger partial charge on any atom is 0.0991 e. The van der Waals surface area contributed by atoms with E-state index in [1.165, 1.54) is 44.9 Å². The molecule has 2 saturated heterocycles. The van der Waals surface area contributed by atoms with E-state index in [0.29, 0.717) is 10.0 Å². The van der Waals surface area contributed by atoms with E-state index < -0.39 is 5.60 Å². The van der Waals surface area contributed by atoms with Crippen molar-refractivity contribution in [3.8, 4) is 0 Å². The molecule has 0 spiro atoms. The van der Waals surface area contributed by atoms with Crippen molar-refractivity contribution >= 4 is 23.2 Å². The zero-order valence-corrected chi connectivity index (χ0v) is 19.1. The number of aliphatic hydroxyl groups is 1. The van der Waals surface area contributed by atoms with Gasteiger partial charge in [-0.2, -0.15) is 0 Å². The Morgan fingerprint density at radius 1 is 0.793 bits per heavy atom. The summed E-state index contributed by atoms with van der Waals surface area (Å²) < 4.78 is 0. The van der Waals surface area contributed by atoms with Crippen LogP contribution in [0.3, 0.4) is 0 Å². The second kappa shape index (κ2) is 9.87. The van der Waals surface area contributed by atoms with Crippen LogP contribution in [0.15, 0.2) is 18.2 Å². The van der Waals surface area contributed by atoms with Gasteiger partial charge in [0.25, 0.3) is 0 Å².